The Morgan fingerprint density at radius 3 is 2.25 bits per heavy atom. The van der Waals surface area contributed by atoms with Crippen molar-refractivity contribution in [3.05, 3.63) is 59.2 Å². The topological polar surface area (TPSA) is 26.0 Å². The van der Waals surface area contributed by atoms with Crippen LogP contribution < -0.4 is 11.2 Å². The monoisotopic (exact) mass is 262 g/mol. The van der Waals surface area contributed by atoms with Gasteiger partial charge in [0.1, 0.15) is 7.28 Å². The summed E-state index contributed by atoms with van der Waals surface area (Å²) in [6.07, 6.45) is 0. The quantitative estimate of drug-likeness (QED) is 0.840. The fraction of sp³-hybridized carbons (Fsp3) is 0.222. The Hall–Kier alpha value is -1.96. The summed E-state index contributed by atoms with van der Waals surface area (Å²) in [5.74, 6) is 0. The van der Waals surface area contributed by atoms with Crippen LogP contribution in [0.2, 0.25) is 6.82 Å². The van der Waals surface area contributed by atoms with E-state index in [0.29, 0.717) is 5.70 Å². The van der Waals surface area contributed by atoms with Crippen molar-refractivity contribution in [3.8, 4) is 11.1 Å². The van der Waals surface area contributed by atoms with Crippen LogP contribution in [0.15, 0.2) is 36.9 Å². The molecule has 0 bridgehead atoms. The zero-order valence-electron chi connectivity index (χ0n) is 12.7. The molecule has 0 unspecified atom stereocenters. The van der Waals surface area contributed by atoms with Crippen molar-refractivity contribution in [2.24, 2.45) is 5.73 Å². The minimum absolute atomic E-state index is 0.627. The smallest absolute Gasteiger partial charge is 0.149 e. The van der Waals surface area contributed by atoms with Crippen LogP contribution in [0.1, 0.15) is 22.3 Å². The van der Waals surface area contributed by atoms with Gasteiger partial charge in [-0.3, -0.25) is 0 Å². The second-order valence-electron chi connectivity index (χ2n) is 5.33. The molecule has 2 aromatic rings. The lowest BCUT2D eigenvalue weighted by Crippen LogP contribution is -2.20. The van der Waals surface area contributed by atoms with E-state index < -0.39 is 0 Å². The largest absolute Gasteiger partial charge is 0.399 e. The van der Waals surface area contributed by atoms with Crippen molar-refractivity contribution in [2.45, 2.75) is 27.6 Å². The van der Waals surface area contributed by atoms with Gasteiger partial charge in [-0.05, 0) is 48.6 Å². The number of rotatable bonds is 3. The maximum atomic E-state index is 5.99. The lowest BCUT2D eigenvalue weighted by Gasteiger charge is -2.17. The number of aryl methyl sites for hydroxylation is 2. The molecule has 2 aromatic carbocycles. The van der Waals surface area contributed by atoms with Gasteiger partial charge in [-0.1, -0.05) is 54.8 Å². The molecule has 2 heteroatoms. The second kappa shape index (κ2) is 5.58. The van der Waals surface area contributed by atoms with Crippen molar-refractivity contribution >= 4 is 18.4 Å². The lowest BCUT2D eigenvalue weighted by molar-refractivity contribution is 1.35. The van der Waals surface area contributed by atoms with E-state index in [9.17, 15) is 0 Å². The van der Waals surface area contributed by atoms with Crippen LogP contribution >= 0.6 is 0 Å². The van der Waals surface area contributed by atoms with Crippen molar-refractivity contribution < 1.29 is 0 Å². The molecule has 0 saturated heterocycles. The maximum Gasteiger partial charge on any atom is 0.149 e. The highest BCUT2D eigenvalue weighted by atomic mass is 14.6. The third kappa shape index (κ3) is 2.51. The highest BCUT2D eigenvalue weighted by molar-refractivity contribution is 6.53. The van der Waals surface area contributed by atoms with E-state index in [4.69, 9.17) is 5.73 Å². The summed E-state index contributed by atoms with van der Waals surface area (Å²) in [6, 6.07) is 10.8. The molecular formula is C18H21BN. The zero-order valence-corrected chi connectivity index (χ0v) is 12.7. The van der Waals surface area contributed by atoms with E-state index in [1.54, 1.807) is 0 Å². The van der Waals surface area contributed by atoms with Crippen LogP contribution in [-0.4, -0.2) is 7.28 Å². The Kier molecular flexibility index (Phi) is 4.03. The van der Waals surface area contributed by atoms with Crippen molar-refractivity contribution in [3.63, 3.8) is 0 Å². The highest BCUT2D eigenvalue weighted by Gasteiger charge is 2.13. The molecule has 20 heavy (non-hydrogen) atoms. The van der Waals surface area contributed by atoms with Crippen molar-refractivity contribution in [1.82, 2.24) is 0 Å². The van der Waals surface area contributed by atoms with Gasteiger partial charge in [-0.25, -0.2) is 0 Å². The predicted molar refractivity (Wildman–Crippen MR) is 90.6 cm³/mol. The second-order valence-corrected chi connectivity index (χ2v) is 5.33. The molecule has 101 valence electrons. The van der Waals surface area contributed by atoms with Gasteiger partial charge < -0.3 is 5.73 Å². The van der Waals surface area contributed by atoms with Crippen molar-refractivity contribution in [1.29, 1.82) is 0 Å². The third-order valence-electron chi connectivity index (χ3n) is 3.80. The number of hydrogen-bond donors (Lipinski definition) is 1. The molecule has 2 rings (SSSR count). The highest BCUT2D eigenvalue weighted by Crippen LogP contribution is 2.29. The molecule has 0 atom stereocenters. The first-order valence-corrected chi connectivity index (χ1v) is 6.91. The van der Waals surface area contributed by atoms with Crippen LogP contribution in [-0.2, 0) is 0 Å². The first kappa shape index (κ1) is 14.5. The fourth-order valence-corrected chi connectivity index (χ4v) is 2.81. The molecule has 1 radical (unpaired) electrons. The molecule has 0 amide bonds. The Morgan fingerprint density at radius 1 is 1.05 bits per heavy atom. The van der Waals surface area contributed by atoms with Crippen molar-refractivity contribution in [2.75, 3.05) is 0 Å². The van der Waals surface area contributed by atoms with Crippen LogP contribution in [0, 0.1) is 20.8 Å². The molecule has 0 aliphatic rings. The van der Waals surface area contributed by atoms with Crippen LogP contribution in [0.3, 0.4) is 0 Å². The molecule has 2 N–H and O–H groups in total. The Labute approximate surface area is 122 Å². The summed E-state index contributed by atoms with van der Waals surface area (Å²) in [5.41, 5.74) is 15.1. The fourth-order valence-electron chi connectivity index (χ4n) is 2.81. The van der Waals surface area contributed by atoms with Gasteiger partial charge in [-0.15, -0.1) is 0 Å². The van der Waals surface area contributed by atoms with Gasteiger partial charge in [0, 0.05) is 5.70 Å². The summed E-state index contributed by atoms with van der Waals surface area (Å²) in [5, 5.41) is 0. The Balaban J connectivity index is 2.70. The normalized spacial score (nSPS) is 10.4. The van der Waals surface area contributed by atoms with Crippen LogP contribution in [0.5, 0.6) is 0 Å². The van der Waals surface area contributed by atoms with Gasteiger partial charge in [0.2, 0.25) is 0 Å². The van der Waals surface area contributed by atoms with Crippen LogP contribution in [0.4, 0.5) is 0 Å². The SMILES string of the molecule is C=C(N)c1c([B]C)ccc(-c2ccc(C)cc2C)c1C. The molecule has 1 nitrogen and oxygen atoms in total. The molecule has 0 saturated carbocycles. The summed E-state index contributed by atoms with van der Waals surface area (Å²) in [4.78, 5) is 0. The molecule has 0 aromatic heterocycles. The van der Waals surface area contributed by atoms with E-state index in [1.807, 2.05) is 6.82 Å². The minimum atomic E-state index is 0.627. The first-order chi connectivity index (χ1) is 9.45. The van der Waals surface area contributed by atoms with E-state index in [-0.39, 0.29) is 0 Å². The number of nitrogens with two attached hydrogens (primary N) is 1. The van der Waals surface area contributed by atoms with E-state index in [1.165, 1.54) is 27.8 Å². The van der Waals surface area contributed by atoms with Crippen LogP contribution in [0.25, 0.3) is 16.8 Å². The predicted octanol–water partition coefficient (Wildman–Crippen LogP) is 3.59. The van der Waals surface area contributed by atoms with Gasteiger partial charge in [0.05, 0.1) is 0 Å². The average molecular weight is 262 g/mol. The Morgan fingerprint density at radius 2 is 1.70 bits per heavy atom. The molecule has 0 heterocycles. The van der Waals surface area contributed by atoms with E-state index in [0.717, 1.165) is 11.0 Å². The third-order valence-corrected chi connectivity index (χ3v) is 3.80. The van der Waals surface area contributed by atoms with Gasteiger partial charge >= 0.3 is 0 Å². The maximum absolute atomic E-state index is 5.99. The summed E-state index contributed by atoms with van der Waals surface area (Å²) < 4.78 is 0. The number of hydrogen-bond acceptors (Lipinski definition) is 1. The number of benzene rings is 2. The van der Waals surface area contributed by atoms with Gasteiger partial charge in [0.15, 0.2) is 0 Å². The first-order valence-electron chi connectivity index (χ1n) is 6.91. The molecule has 0 fully saturated rings. The zero-order chi connectivity index (χ0) is 14.9. The van der Waals surface area contributed by atoms with E-state index in [2.05, 4.69) is 65.0 Å². The minimum Gasteiger partial charge on any atom is -0.399 e. The van der Waals surface area contributed by atoms with Gasteiger partial charge in [-0.2, -0.15) is 0 Å². The lowest BCUT2D eigenvalue weighted by atomic mass is 9.68. The van der Waals surface area contributed by atoms with E-state index >= 15 is 0 Å². The molecular weight excluding hydrogens is 241 g/mol. The Bertz CT molecular complexity index is 671. The average Bonchev–Trinajstić information content (AvgIpc) is 2.38. The molecule has 0 aliphatic carbocycles. The standard InChI is InChI=1S/C18H21BN/c1-11-6-7-15(12(2)10-11)16-8-9-17(19-5)18(13(16)3)14(4)20/h6-10H,4,20H2,1-3,5H3. The molecule has 0 spiro atoms. The van der Waals surface area contributed by atoms with Gasteiger partial charge in [0.25, 0.3) is 0 Å². The molecule has 0 aliphatic heterocycles. The summed E-state index contributed by atoms with van der Waals surface area (Å²) in [7, 11) is 2.08. The summed E-state index contributed by atoms with van der Waals surface area (Å²) in [6.45, 7) is 12.3. The summed E-state index contributed by atoms with van der Waals surface area (Å²) >= 11 is 0.